The zero-order chi connectivity index (χ0) is 15.9. The summed E-state index contributed by atoms with van der Waals surface area (Å²) in [5.41, 5.74) is 3.02. The monoisotopic (exact) mass is 299 g/mol. The third kappa shape index (κ3) is 4.14. The maximum absolute atomic E-state index is 11.7. The van der Waals surface area contributed by atoms with Gasteiger partial charge in [0.05, 0.1) is 23.1 Å². The van der Waals surface area contributed by atoms with Crippen molar-refractivity contribution in [2.24, 2.45) is 5.10 Å². The standard InChI is InChI=1S/C15H13N3O4/c19-13-6-7-14(18(21)22)12(9-13)10-16-17-15(20)8-11-4-2-1-3-5-11/h1-7,9-10,19H,8H2,(H,17,20)/b16-10-. The number of nitrogens with one attached hydrogen (secondary N) is 1. The predicted octanol–water partition coefficient (Wildman–Crippen LogP) is 1.99. The number of amides is 1. The normalized spacial score (nSPS) is 10.5. The van der Waals surface area contributed by atoms with E-state index >= 15 is 0 Å². The van der Waals surface area contributed by atoms with Crippen LogP contribution in [0.5, 0.6) is 5.75 Å². The minimum atomic E-state index is -0.591. The van der Waals surface area contributed by atoms with E-state index in [9.17, 15) is 20.0 Å². The summed E-state index contributed by atoms with van der Waals surface area (Å²) in [6.07, 6.45) is 1.28. The van der Waals surface area contributed by atoms with Crippen LogP contribution in [0.15, 0.2) is 53.6 Å². The molecule has 0 aliphatic rings. The van der Waals surface area contributed by atoms with Crippen LogP contribution in [-0.2, 0) is 11.2 Å². The molecular weight excluding hydrogens is 286 g/mol. The minimum absolute atomic E-state index is 0.102. The Morgan fingerprint density at radius 2 is 2.00 bits per heavy atom. The lowest BCUT2D eigenvalue weighted by atomic mass is 10.1. The zero-order valence-corrected chi connectivity index (χ0v) is 11.5. The molecular formula is C15H13N3O4. The summed E-state index contributed by atoms with van der Waals surface area (Å²) < 4.78 is 0. The van der Waals surface area contributed by atoms with Crippen molar-refractivity contribution in [3.63, 3.8) is 0 Å². The van der Waals surface area contributed by atoms with Gasteiger partial charge in [-0.15, -0.1) is 0 Å². The van der Waals surface area contributed by atoms with E-state index in [4.69, 9.17) is 0 Å². The van der Waals surface area contributed by atoms with Crippen molar-refractivity contribution in [1.29, 1.82) is 0 Å². The van der Waals surface area contributed by atoms with Crippen molar-refractivity contribution in [3.8, 4) is 5.75 Å². The van der Waals surface area contributed by atoms with Crippen LogP contribution in [0, 0.1) is 10.1 Å². The average molecular weight is 299 g/mol. The summed E-state index contributed by atoms with van der Waals surface area (Å²) in [6.45, 7) is 0. The summed E-state index contributed by atoms with van der Waals surface area (Å²) in [5, 5.41) is 23.9. The van der Waals surface area contributed by atoms with Gasteiger partial charge in [0, 0.05) is 6.07 Å². The van der Waals surface area contributed by atoms with Gasteiger partial charge in [-0.1, -0.05) is 30.3 Å². The summed E-state index contributed by atoms with van der Waals surface area (Å²) in [5.74, 6) is -0.465. The topological polar surface area (TPSA) is 105 Å². The van der Waals surface area contributed by atoms with Crippen LogP contribution in [-0.4, -0.2) is 22.2 Å². The highest BCUT2D eigenvalue weighted by molar-refractivity contribution is 5.87. The molecule has 0 unspecified atom stereocenters. The number of benzene rings is 2. The average Bonchev–Trinajstić information content (AvgIpc) is 2.48. The number of hydrazone groups is 1. The molecule has 0 heterocycles. The molecule has 2 N–H and O–H groups in total. The zero-order valence-electron chi connectivity index (χ0n) is 11.5. The van der Waals surface area contributed by atoms with Gasteiger partial charge in [0.25, 0.3) is 5.69 Å². The maximum Gasteiger partial charge on any atom is 0.278 e. The number of nitro groups is 1. The molecule has 0 atom stereocenters. The number of hydrogen-bond acceptors (Lipinski definition) is 5. The second kappa shape index (κ2) is 6.98. The largest absolute Gasteiger partial charge is 0.508 e. The SMILES string of the molecule is O=C(Cc1ccccc1)N/N=C\c1cc(O)ccc1[N+](=O)[O-]. The number of phenolic OH excluding ortho intramolecular Hbond substituents is 1. The van der Waals surface area contributed by atoms with Gasteiger partial charge in [-0.2, -0.15) is 5.10 Å². The highest BCUT2D eigenvalue weighted by Gasteiger charge is 2.12. The van der Waals surface area contributed by atoms with E-state index in [0.717, 1.165) is 11.8 Å². The van der Waals surface area contributed by atoms with Crippen LogP contribution in [0.1, 0.15) is 11.1 Å². The molecule has 0 aliphatic carbocycles. The molecule has 0 saturated carbocycles. The van der Waals surface area contributed by atoms with Gasteiger partial charge in [0.15, 0.2) is 0 Å². The molecule has 0 aromatic heterocycles. The van der Waals surface area contributed by atoms with Crippen LogP contribution in [0.25, 0.3) is 0 Å². The third-order valence-electron chi connectivity index (χ3n) is 2.81. The summed E-state index contributed by atoms with van der Waals surface area (Å²) >= 11 is 0. The smallest absolute Gasteiger partial charge is 0.278 e. The molecule has 0 aliphatic heterocycles. The number of nitrogens with zero attached hydrogens (tertiary/aromatic N) is 2. The van der Waals surface area contributed by atoms with Gasteiger partial charge in [-0.3, -0.25) is 14.9 Å². The molecule has 7 nitrogen and oxygen atoms in total. The van der Waals surface area contributed by atoms with E-state index in [2.05, 4.69) is 10.5 Å². The van der Waals surface area contributed by atoms with Gasteiger partial charge in [-0.25, -0.2) is 5.43 Å². The van der Waals surface area contributed by atoms with Gasteiger partial charge >= 0.3 is 0 Å². The van der Waals surface area contributed by atoms with Gasteiger partial charge in [-0.05, 0) is 17.7 Å². The first-order valence-corrected chi connectivity index (χ1v) is 6.39. The van der Waals surface area contributed by atoms with E-state index < -0.39 is 4.92 Å². The summed E-state index contributed by atoms with van der Waals surface area (Å²) in [7, 11) is 0. The molecule has 0 radical (unpaired) electrons. The van der Waals surface area contributed by atoms with Crippen molar-refractivity contribution < 1.29 is 14.8 Å². The fourth-order valence-electron chi connectivity index (χ4n) is 1.81. The Balaban J connectivity index is 2.02. The van der Waals surface area contributed by atoms with E-state index in [-0.39, 0.29) is 29.3 Å². The second-order valence-corrected chi connectivity index (χ2v) is 4.46. The molecule has 0 saturated heterocycles. The lowest BCUT2D eigenvalue weighted by Gasteiger charge is -2.01. The molecule has 0 bridgehead atoms. The summed E-state index contributed by atoms with van der Waals surface area (Å²) in [6, 6.07) is 12.7. The van der Waals surface area contributed by atoms with Crippen molar-refractivity contribution in [2.75, 3.05) is 0 Å². The van der Waals surface area contributed by atoms with Crippen LogP contribution < -0.4 is 5.43 Å². The Labute approximate surface area is 126 Å². The number of carbonyl (C=O) groups is 1. The first-order valence-electron chi connectivity index (χ1n) is 6.39. The quantitative estimate of drug-likeness (QED) is 0.500. The number of hydrogen-bond donors (Lipinski definition) is 2. The van der Waals surface area contributed by atoms with Crippen molar-refractivity contribution >= 4 is 17.8 Å². The van der Waals surface area contributed by atoms with E-state index in [1.165, 1.54) is 18.2 Å². The molecule has 2 aromatic carbocycles. The molecule has 2 aromatic rings. The number of aromatic hydroxyl groups is 1. The Morgan fingerprint density at radius 3 is 2.68 bits per heavy atom. The Kier molecular flexibility index (Phi) is 4.81. The highest BCUT2D eigenvalue weighted by atomic mass is 16.6. The molecule has 0 fully saturated rings. The predicted molar refractivity (Wildman–Crippen MR) is 80.6 cm³/mol. The van der Waals surface area contributed by atoms with E-state index in [0.29, 0.717) is 0 Å². The Hall–Kier alpha value is -3.22. The first kappa shape index (κ1) is 15.2. The fraction of sp³-hybridized carbons (Fsp3) is 0.0667. The van der Waals surface area contributed by atoms with Crippen LogP contribution in [0.2, 0.25) is 0 Å². The fourth-order valence-corrected chi connectivity index (χ4v) is 1.81. The van der Waals surface area contributed by atoms with Crippen LogP contribution in [0.4, 0.5) is 5.69 Å². The maximum atomic E-state index is 11.7. The highest BCUT2D eigenvalue weighted by Crippen LogP contribution is 2.21. The molecule has 112 valence electrons. The molecule has 22 heavy (non-hydrogen) atoms. The van der Waals surface area contributed by atoms with Gasteiger partial charge in [0.1, 0.15) is 5.75 Å². The van der Waals surface area contributed by atoms with Gasteiger partial charge in [0.2, 0.25) is 5.91 Å². The number of phenols is 1. The first-order chi connectivity index (χ1) is 10.6. The molecule has 2 rings (SSSR count). The number of nitro benzene ring substituents is 1. The van der Waals surface area contributed by atoms with Crippen LogP contribution >= 0.6 is 0 Å². The van der Waals surface area contributed by atoms with Crippen molar-refractivity contribution in [2.45, 2.75) is 6.42 Å². The Bertz CT molecular complexity index is 714. The lowest BCUT2D eigenvalue weighted by molar-refractivity contribution is -0.385. The Morgan fingerprint density at radius 1 is 1.27 bits per heavy atom. The molecule has 7 heteroatoms. The number of carbonyl (C=O) groups excluding carboxylic acids is 1. The number of rotatable bonds is 5. The van der Waals surface area contributed by atoms with Crippen molar-refractivity contribution in [1.82, 2.24) is 5.43 Å². The molecule has 1 amide bonds. The third-order valence-corrected chi connectivity index (χ3v) is 2.81. The summed E-state index contributed by atoms with van der Waals surface area (Å²) in [4.78, 5) is 21.9. The van der Waals surface area contributed by atoms with Crippen LogP contribution in [0.3, 0.4) is 0 Å². The molecule has 0 spiro atoms. The van der Waals surface area contributed by atoms with E-state index in [1.54, 1.807) is 0 Å². The minimum Gasteiger partial charge on any atom is -0.508 e. The second-order valence-electron chi connectivity index (χ2n) is 4.46. The van der Waals surface area contributed by atoms with Gasteiger partial charge < -0.3 is 5.11 Å². The van der Waals surface area contributed by atoms with Crippen molar-refractivity contribution in [3.05, 3.63) is 69.8 Å². The van der Waals surface area contributed by atoms with E-state index in [1.807, 2.05) is 30.3 Å². The lowest BCUT2D eigenvalue weighted by Crippen LogP contribution is -2.19.